The molecule has 0 aliphatic carbocycles. The van der Waals surface area contributed by atoms with Crippen molar-refractivity contribution in [3.63, 3.8) is 0 Å². The number of aryl methyl sites for hydroxylation is 1. The molecule has 3 nitrogen and oxygen atoms in total. The minimum Gasteiger partial charge on any atom is -0.347 e. The minimum atomic E-state index is -0.424. The Morgan fingerprint density at radius 3 is 2.72 bits per heavy atom. The Hall–Kier alpha value is -1.42. The molecule has 2 rings (SSSR count). The molecule has 1 heterocycles. The summed E-state index contributed by atoms with van der Waals surface area (Å²) in [5.41, 5.74) is 0.395. The second-order valence-electron chi connectivity index (χ2n) is 5.20. The lowest BCUT2D eigenvalue weighted by Gasteiger charge is -2.35. The van der Waals surface area contributed by atoms with E-state index >= 15 is 0 Å². The molecule has 4 heteroatoms. The average molecular weight is 250 g/mol. The fourth-order valence-electron chi connectivity index (χ4n) is 2.27. The lowest BCUT2D eigenvalue weighted by atomic mass is 9.90. The number of benzene rings is 1. The van der Waals surface area contributed by atoms with E-state index in [4.69, 9.17) is 0 Å². The molecule has 1 fully saturated rings. The number of halogens is 1. The molecule has 0 bridgehead atoms. The van der Waals surface area contributed by atoms with Crippen molar-refractivity contribution < 1.29 is 9.18 Å². The van der Waals surface area contributed by atoms with E-state index in [1.807, 2.05) is 6.92 Å². The van der Waals surface area contributed by atoms with Crippen molar-refractivity contribution in [1.82, 2.24) is 10.6 Å². The van der Waals surface area contributed by atoms with E-state index in [-0.39, 0.29) is 17.0 Å². The van der Waals surface area contributed by atoms with Crippen molar-refractivity contribution in [2.75, 3.05) is 13.1 Å². The number of hydrogen-bond donors (Lipinski definition) is 2. The van der Waals surface area contributed by atoms with Crippen LogP contribution in [0.1, 0.15) is 35.7 Å². The third-order valence-electron chi connectivity index (χ3n) is 3.56. The molecule has 98 valence electrons. The van der Waals surface area contributed by atoms with E-state index in [2.05, 4.69) is 10.6 Å². The SMILES string of the molecule is Cc1cccc(C(=O)NC2(C)CCNCC2)c1F. The second-order valence-corrected chi connectivity index (χ2v) is 5.20. The first-order chi connectivity index (χ1) is 8.52. The van der Waals surface area contributed by atoms with Gasteiger partial charge in [-0.3, -0.25) is 4.79 Å². The van der Waals surface area contributed by atoms with Gasteiger partial charge in [0.2, 0.25) is 0 Å². The lowest BCUT2D eigenvalue weighted by Crippen LogP contribution is -2.52. The maximum atomic E-state index is 13.9. The van der Waals surface area contributed by atoms with Crippen molar-refractivity contribution in [2.45, 2.75) is 32.2 Å². The van der Waals surface area contributed by atoms with Gasteiger partial charge in [-0.2, -0.15) is 0 Å². The third kappa shape index (κ3) is 2.70. The van der Waals surface area contributed by atoms with Crippen molar-refractivity contribution in [2.24, 2.45) is 0 Å². The van der Waals surface area contributed by atoms with Gasteiger partial charge in [-0.25, -0.2) is 4.39 Å². The van der Waals surface area contributed by atoms with Crippen LogP contribution in [0.4, 0.5) is 4.39 Å². The first-order valence-corrected chi connectivity index (χ1v) is 6.30. The van der Waals surface area contributed by atoms with Crippen LogP contribution < -0.4 is 10.6 Å². The van der Waals surface area contributed by atoms with Crippen LogP contribution in [-0.4, -0.2) is 24.5 Å². The molecule has 1 amide bonds. The van der Waals surface area contributed by atoms with Gasteiger partial charge in [-0.05, 0) is 51.4 Å². The Morgan fingerprint density at radius 2 is 2.06 bits per heavy atom. The first kappa shape index (κ1) is 13.0. The predicted molar refractivity (Wildman–Crippen MR) is 69.1 cm³/mol. The zero-order valence-corrected chi connectivity index (χ0v) is 10.8. The van der Waals surface area contributed by atoms with Gasteiger partial charge in [0.1, 0.15) is 5.82 Å². The van der Waals surface area contributed by atoms with E-state index in [0.717, 1.165) is 25.9 Å². The van der Waals surface area contributed by atoms with Gasteiger partial charge >= 0.3 is 0 Å². The zero-order chi connectivity index (χ0) is 13.2. The highest BCUT2D eigenvalue weighted by Gasteiger charge is 2.29. The number of carbonyl (C=O) groups excluding carboxylic acids is 1. The quantitative estimate of drug-likeness (QED) is 0.843. The van der Waals surface area contributed by atoms with Gasteiger partial charge in [-0.15, -0.1) is 0 Å². The number of hydrogen-bond acceptors (Lipinski definition) is 2. The van der Waals surface area contributed by atoms with Crippen LogP contribution in [0.5, 0.6) is 0 Å². The van der Waals surface area contributed by atoms with Gasteiger partial charge in [0.05, 0.1) is 5.56 Å². The number of nitrogens with one attached hydrogen (secondary N) is 2. The fourth-order valence-corrected chi connectivity index (χ4v) is 2.27. The Bertz CT molecular complexity index is 453. The highest BCUT2D eigenvalue weighted by Crippen LogP contribution is 2.19. The summed E-state index contributed by atoms with van der Waals surface area (Å²) in [6, 6.07) is 4.90. The third-order valence-corrected chi connectivity index (χ3v) is 3.56. The average Bonchev–Trinajstić information content (AvgIpc) is 2.33. The van der Waals surface area contributed by atoms with Crippen LogP contribution in [0.15, 0.2) is 18.2 Å². The molecule has 0 aromatic heterocycles. The number of piperidine rings is 1. The molecule has 2 N–H and O–H groups in total. The fraction of sp³-hybridized carbons (Fsp3) is 0.500. The summed E-state index contributed by atoms with van der Waals surface area (Å²) in [5.74, 6) is -0.742. The van der Waals surface area contributed by atoms with Crippen LogP contribution in [0, 0.1) is 12.7 Å². The Morgan fingerprint density at radius 1 is 1.39 bits per heavy atom. The monoisotopic (exact) mass is 250 g/mol. The summed E-state index contributed by atoms with van der Waals surface area (Å²) >= 11 is 0. The molecule has 1 aromatic carbocycles. The molecule has 1 aliphatic heterocycles. The molecule has 0 radical (unpaired) electrons. The first-order valence-electron chi connectivity index (χ1n) is 6.30. The van der Waals surface area contributed by atoms with Gasteiger partial charge in [0.25, 0.3) is 5.91 Å². The van der Waals surface area contributed by atoms with Crippen LogP contribution in [0.3, 0.4) is 0 Å². The van der Waals surface area contributed by atoms with E-state index in [0.29, 0.717) is 5.56 Å². The smallest absolute Gasteiger partial charge is 0.254 e. The summed E-state index contributed by atoms with van der Waals surface area (Å²) < 4.78 is 13.9. The standard InChI is InChI=1S/C14H19FN2O/c1-10-4-3-5-11(12(10)15)13(18)17-14(2)6-8-16-9-7-14/h3-5,16H,6-9H2,1-2H3,(H,17,18). The molecule has 0 saturated carbocycles. The topological polar surface area (TPSA) is 41.1 Å². The van der Waals surface area contributed by atoms with Crippen molar-refractivity contribution in [3.8, 4) is 0 Å². The number of amides is 1. The largest absolute Gasteiger partial charge is 0.347 e. The number of rotatable bonds is 2. The van der Waals surface area contributed by atoms with Crippen molar-refractivity contribution in [1.29, 1.82) is 0 Å². The molecule has 0 unspecified atom stereocenters. The van der Waals surface area contributed by atoms with E-state index < -0.39 is 5.82 Å². The lowest BCUT2D eigenvalue weighted by molar-refractivity contribution is 0.0883. The Balaban J connectivity index is 2.14. The molecule has 18 heavy (non-hydrogen) atoms. The molecule has 0 spiro atoms. The molecule has 0 atom stereocenters. The zero-order valence-electron chi connectivity index (χ0n) is 10.8. The maximum Gasteiger partial charge on any atom is 0.254 e. The second kappa shape index (κ2) is 5.06. The summed E-state index contributed by atoms with van der Waals surface area (Å²) in [6.45, 7) is 5.44. The Kier molecular flexibility index (Phi) is 3.66. The van der Waals surface area contributed by atoms with E-state index in [9.17, 15) is 9.18 Å². The summed E-state index contributed by atoms with van der Waals surface area (Å²) in [4.78, 5) is 12.1. The van der Waals surface area contributed by atoms with E-state index in [1.165, 1.54) is 6.07 Å². The minimum absolute atomic E-state index is 0.134. The van der Waals surface area contributed by atoms with Gasteiger partial charge in [0.15, 0.2) is 0 Å². The van der Waals surface area contributed by atoms with Gasteiger partial charge < -0.3 is 10.6 Å². The van der Waals surface area contributed by atoms with Crippen LogP contribution >= 0.6 is 0 Å². The molecular weight excluding hydrogens is 231 g/mol. The summed E-state index contributed by atoms with van der Waals surface area (Å²) in [5, 5.41) is 6.21. The predicted octanol–water partition coefficient (Wildman–Crippen LogP) is 2.01. The Labute approximate surface area is 107 Å². The van der Waals surface area contributed by atoms with Crippen LogP contribution in [-0.2, 0) is 0 Å². The van der Waals surface area contributed by atoms with Crippen molar-refractivity contribution >= 4 is 5.91 Å². The normalized spacial score (nSPS) is 18.4. The molecular formula is C14H19FN2O. The summed E-state index contributed by atoms with van der Waals surface area (Å²) in [6.07, 6.45) is 1.73. The highest BCUT2D eigenvalue weighted by atomic mass is 19.1. The maximum absolute atomic E-state index is 13.9. The molecule has 1 aromatic rings. The highest BCUT2D eigenvalue weighted by molar-refractivity contribution is 5.95. The molecule has 1 aliphatic rings. The van der Waals surface area contributed by atoms with Crippen LogP contribution in [0.2, 0.25) is 0 Å². The van der Waals surface area contributed by atoms with E-state index in [1.54, 1.807) is 19.1 Å². The number of carbonyl (C=O) groups is 1. The van der Waals surface area contributed by atoms with Gasteiger partial charge in [0, 0.05) is 5.54 Å². The van der Waals surface area contributed by atoms with Crippen LogP contribution in [0.25, 0.3) is 0 Å². The van der Waals surface area contributed by atoms with Crippen molar-refractivity contribution in [3.05, 3.63) is 35.1 Å². The van der Waals surface area contributed by atoms with Gasteiger partial charge in [-0.1, -0.05) is 12.1 Å². The molecule has 1 saturated heterocycles. The summed E-state index contributed by atoms with van der Waals surface area (Å²) in [7, 11) is 0.